The first-order valence-corrected chi connectivity index (χ1v) is 12.4. The highest BCUT2D eigenvalue weighted by Gasteiger charge is 2.10. The molecular weight excluding hydrogens is 468 g/mol. The van der Waals surface area contributed by atoms with Crippen molar-refractivity contribution in [2.45, 2.75) is 13.8 Å². The monoisotopic (exact) mass is 514 g/mol. The second kappa shape index (κ2) is 23.0. The molecular formula is C25H46N4O7. The molecule has 208 valence electrons. The van der Waals surface area contributed by atoms with Crippen molar-refractivity contribution in [2.75, 3.05) is 106 Å². The molecule has 2 amide bonds. The van der Waals surface area contributed by atoms with E-state index >= 15 is 0 Å². The second-order valence-corrected chi connectivity index (χ2v) is 7.55. The van der Waals surface area contributed by atoms with Crippen LogP contribution in [0.1, 0.15) is 24.2 Å². The summed E-state index contributed by atoms with van der Waals surface area (Å²) in [7, 11) is 5.35. The molecule has 0 spiro atoms. The van der Waals surface area contributed by atoms with Crippen LogP contribution in [-0.4, -0.2) is 122 Å². The van der Waals surface area contributed by atoms with Crippen molar-refractivity contribution >= 4 is 17.7 Å². The van der Waals surface area contributed by atoms with Crippen molar-refractivity contribution in [3.63, 3.8) is 0 Å². The maximum absolute atomic E-state index is 11.9. The number of likely N-dealkylation sites (N-methyl/N-ethyl adjacent to an activating group) is 2. The van der Waals surface area contributed by atoms with Crippen molar-refractivity contribution in [3.8, 4) is 0 Å². The van der Waals surface area contributed by atoms with E-state index in [1.165, 1.54) is 4.90 Å². The molecule has 11 heteroatoms. The summed E-state index contributed by atoms with van der Waals surface area (Å²) in [4.78, 5) is 27.4. The Kier molecular flexibility index (Phi) is 21.4. The summed E-state index contributed by atoms with van der Waals surface area (Å²) in [6.07, 6.45) is -0.373. The fraction of sp³-hybridized carbons (Fsp3) is 0.680. The van der Waals surface area contributed by atoms with Gasteiger partial charge >= 0.3 is 6.09 Å². The number of nitrogen functional groups attached to an aromatic ring is 1. The number of methoxy groups -OCH3 is 1. The highest BCUT2D eigenvalue weighted by molar-refractivity contribution is 5.94. The van der Waals surface area contributed by atoms with Crippen LogP contribution in [0.4, 0.5) is 10.5 Å². The minimum Gasteiger partial charge on any atom is -0.447 e. The van der Waals surface area contributed by atoms with Gasteiger partial charge in [-0.05, 0) is 31.3 Å². The molecule has 0 atom stereocenters. The number of anilines is 1. The summed E-state index contributed by atoms with van der Waals surface area (Å²) in [5.41, 5.74) is 6.77. The van der Waals surface area contributed by atoms with Gasteiger partial charge in [-0.25, -0.2) is 4.79 Å². The Labute approximate surface area is 216 Å². The smallest absolute Gasteiger partial charge is 0.409 e. The quantitative estimate of drug-likeness (QED) is 0.210. The van der Waals surface area contributed by atoms with Crippen LogP contribution < -0.4 is 11.1 Å². The number of amides is 2. The predicted molar refractivity (Wildman–Crippen MR) is 140 cm³/mol. The van der Waals surface area contributed by atoms with Crippen molar-refractivity contribution in [3.05, 3.63) is 29.8 Å². The van der Waals surface area contributed by atoms with E-state index in [4.69, 9.17) is 29.4 Å². The number of hydrogen-bond acceptors (Lipinski definition) is 9. The number of nitrogens with zero attached hydrogens (tertiary/aromatic N) is 2. The first kappa shape index (κ1) is 33.6. The van der Waals surface area contributed by atoms with Crippen molar-refractivity contribution in [2.24, 2.45) is 0 Å². The molecule has 11 nitrogen and oxygen atoms in total. The molecule has 0 aliphatic carbocycles. The molecule has 36 heavy (non-hydrogen) atoms. The van der Waals surface area contributed by atoms with Gasteiger partial charge in [0, 0.05) is 51.6 Å². The average Bonchev–Trinajstić information content (AvgIpc) is 2.89. The lowest BCUT2D eigenvalue weighted by Crippen LogP contribution is -2.36. The van der Waals surface area contributed by atoms with E-state index in [2.05, 4.69) is 10.2 Å². The van der Waals surface area contributed by atoms with Gasteiger partial charge in [-0.1, -0.05) is 13.8 Å². The summed E-state index contributed by atoms with van der Waals surface area (Å²) in [6, 6.07) is 6.72. The van der Waals surface area contributed by atoms with Crippen LogP contribution in [0.5, 0.6) is 0 Å². The Morgan fingerprint density at radius 1 is 0.806 bits per heavy atom. The van der Waals surface area contributed by atoms with Gasteiger partial charge in [0.05, 0.1) is 46.2 Å². The number of nitrogens with two attached hydrogens (primary N) is 1. The first-order chi connectivity index (χ1) is 17.4. The van der Waals surface area contributed by atoms with E-state index in [0.717, 1.165) is 13.1 Å². The van der Waals surface area contributed by atoms with Crippen LogP contribution in [0, 0.1) is 0 Å². The molecule has 0 heterocycles. The topological polar surface area (TPSA) is 125 Å². The lowest BCUT2D eigenvalue weighted by Gasteiger charge is -2.21. The summed E-state index contributed by atoms with van der Waals surface area (Å²) >= 11 is 0. The van der Waals surface area contributed by atoms with Crippen LogP contribution in [-0.2, 0) is 23.7 Å². The highest BCUT2D eigenvalue weighted by Crippen LogP contribution is 2.04. The SMILES string of the molecule is CC.COCCN(C)CCN(C)C(=O)OCCOCCOCCOCCNC(=O)c1ccc(N)cc1. The van der Waals surface area contributed by atoms with Crippen molar-refractivity contribution in [1.82, 2.24) is 15.1 Å². The van der Waals surface area contributed by atoms with E-state index in [9.17, 15) is 9.59 Å². The molecule has 0 aromatic heterocycles. The summed E-state index contributed by atoms with van der Waals surface area (Å²) in [5.74, 6) is -0.167. The normalized spacial score (nSPS) is 10.5. The van der Waals surface area contributed by atoms with E-state index in [1.54, 1.807) is 38.4 Å². The Bertz CT molecular complexity index is 677. The fourth-order valence-electron chi connectivity index (χ4n) is 2.58. The number of carbonyl (C=O) groups excluding carboxylic acids is 2. The Balaban J connectivity index is 0.00000596. The van der Waals surface area contributed by atoms with Gasteiger partial charge in [0.2, 0.25) is 0 Å². The zero-order valence-electron chi connectivity index (χ0n) is 22.6. The van der Waals surface area contributed by atoms with Crippen molar-refractivity contribution < 1.29 is 33.3 Å². The predicted octanol–water partition coefficient (Wildman–Crippen LogP) is 1.72. The third kappa shape index (κ3) is 17.9. The van der Waals surface area contributed by atoms with E-state index in [-0.39, 0.29) is 18.6 Å². The van der Waals surface area contributed by atoms with Crippen LogP contribution >= 0.6 is 0 Å². The van der Waals surface area contributed by atoms with Gasteiger partial charge in [0.25, 0.3) is 5.91 Å². The minimum atomic E-state index is -0.373. The van der Waals surface area contributed by atoms with E-state index in [1.807, 2.05) is 20.9 Å². The number of hydrogen-bond donors (Lipinski definition) is 2. The largest absolute Gasteiger partial charge is 0.447 e. The molecule has 0 aliphatic rings. The number of ether oxygens (including phenoxy) is 5. The lowest BCUT2D eigenvalue weighted by atomic mass is 10.2. The maximum Gasteiger partial charge on any atom is 0.409 e. The molecule has 0 unspecified atom stereocenters. The van der Waals surface area contributed by atoms with Gasteiger partial charge in [0.1, 0.15) is 6.61 Å². The lowest BCUT2D eigenvalue weighted by molar-refractivity contribution is 0.00396. The molecule has 0 saturated carbocycles. The molecule has 0 radical (unpaired) electrons. The zero-order valence-corrected chi connectivity index (χ0v) is 22.6. The van der Waals surface area contributed by atoms with Crippen molar-refractivity contribution in [1.29, 1.82) is 0 Å². The van der Waals surface area contributed by atoms with Crippen LogP contribution in [0.2, 0.25) is 0 Å². The number of rotatable bonds is 19. The van der Waals surface area contributed by atoms with Gasteiger partial charge < -0.3 is 44.5 Å². The maximum atomic E-state index is 11.9. The molecule has 1 aromatic rings. The molecule has 0 fully saturated rings. The Morgan fingerprint density at radius 3 is 1.94 bits per heavy atom. The molecule has 0 bridgehead atoms. The molecule has 1 rings (SSSR count). The highest BCUT2D eigenvalue weighted by atomic mass is 16.6. The van der Waals surface area contributed by atoms with E-state index < -0.39 is 0 Å². The van der Waals surface area contributed by atoms with Crippen LogP contribution in [0.3, 0.4) is 0 Å². The van der Waals surface area contributed by atoms with Gasteiger partial charge in [0.15, 0.2) is 0 Å². The third-order valence-electron chi connectivity index (χ3n) is 4.71. The zero-order chi connectivity index (χ0) is 27.0. The molecule has 3 N–H and O–H groups in total. The van der Waals surface area contributed by atoms with E-state index in [0.29, 0.717) is 70.6 Å². The molecule has 0 saturated heterocycles. The average molecular weight is 515 g/mol. The van der Waals surface area contributed by atoms with Gasteiger partial charge in [-0.2, -0.15) is 0 Å². The number of carbonyl (C=O) groups is 2. The van der Waals surface area contributed by atoms with Crippen LogP contribution in [0.15, 0.2) is 24.3 Å². The van der Waals surface area contributed by atoms with Gasteiger partial charge in [-0.3, -0.25) is 4.79 Å². The summed E-state index contributed by atoms with van der Waals surface area (Å²) in [5, 5.41) is 2.77. The summed E-state index contributed by atoms with van der Waals surface area (Å²) in [6.45, 7) is 9.73. The number of nitrogens with one attached hydrogen (secondary N) is 1. The van der Waals surface area contributed by atoms with Crippen LogP contribution in [0.25, 0.3) is 0 Å². The minimum absolute atomic E-state index is 0.167. The fourth-order valence-corrected chi connectivity index (χ4v) is 2.58. The second-order valence-electron chi connectivity index (χ2n) is 7.55. The number of benzene rings is 1. The Hall–Kier alpha value is -2.44. The summed E-state index contributed by atoms with van der Waals surface area (Å²) < 4.78 is 26.4. The molecule has 1 aromatic carbocycles. The van der Waals surface area contributed by atoms with Gasteiger partial charge in [-0.15, -0.1) is 0 Å². The first-order valence-electron chi connectivity index (χ1n) is 12.4. The third-order valence-corrected chi connectivity index (χ3v) is 4.71. The molecule has 0 aliphatic heterocycles. The standard InChI is InChI=1S/C23H40N4O7.C2H6/c1-26(11-13-30-3)9-10-27(2)23(29)34-19-18-33-17-16-32-15-14-31-12-8-25-22(28)20-4-6-21(24)7-5-20;1-2/h4-7H,8-19,24H2,1-3H3,(H,25,28);1-2H3. The Morgan fingerprint density at radius 2 is 1.36 bits per heavy atom.